The fourth-order valence-corrected chi connectivity index (χ4v) is 6.68. The summed E-state index contributed by atoms with van der Waals surface area (Å²) in [7, 11) is -4.15. The summed E-state index contributed by atoms with van der Waals surface area (Å²) in [4.78, 5) is 30.3. The number of amides is 2. The normalized spacial score (nSPS) is 12.6. The van der Waals surface area contributed by atoms with Gasteiger partial charge in [-0.25, -0.2) is 8.42 Å². The Kier molecular flexibility index (Phi) is 11.2. The van der Waals surface area contributed by atoms with Crippen molar-refractivity contribution in [2.45, 2.75) is 71.0 Å². The van der Waals surface area contributed by atoms with Crippen LogP contribution in [0.15, 0.2) is 108 Å². The highest BCUT2D eigenvalue weighted by molar-refractivity contribution is 7.92. The lowest BCUT2D eigenvalue weighted by molar-refractivity contribution is -0.140. The zero-order valence-corrected chi connectivity index (χ0v) is 27.6. The van der Waals surface area contributed by atoms with Crippen LogP contribution in [0.25, 0.3) is 0 Å². The van der Waals surface area contributed by atoms with Crippen LogP contribution in [0.5, 0.6) is 0 Å². The van der Waals surface area contributed by atoms with Gasteiger partial charge in [-0.2, -0.15) is 0 Å². The fraction of sp³-hybridized carbons (Fsp3) is 0.297. The molecule has 0 unspecified atom stereocenters. The summed E-state index contributed by atoms with van der Waals surface area (Å²) in [6.07, 6.45) is 1.00. The standard InChI is InChI=1S/C37H43N3O4S/c1-6-30(5)38-37(42)35(24-31-16-9-7-10-17-31)39(25-32-18-14-13-15-28(32)3)36(41)26-40(34-23-27(2)21-22-29(34)4)45(43,44)33-19-11-8-12-20-33/h7-23,30,35H,6,24-26H2,1-5H3,(H,38,42)/t30-,35+/m0/s1. The quantitative estimate of drug-likeness (QED) is 0.187. The summed E-state index contributed by atoms with van der Waals surface area (Å²) >= 11 is 0. The lowest BCUT2D eigenvalue weighted by atomic mass is 10.0. The minimum Gasteiger partial charge on any atom is -0.352 e. The van der Waals surface area contributed by atoms with E-state index in [1.54, 1.807) is 29.2 Å². The summed E-state index contributed by atoms with van der Waals surface area (Å²) < 4.78 is 29.6. The van der Waals surface area contributed by atoms with Gasteiger partial charge in [0.15, 0.2) is 0 Å². The maximum absolute atomic E-state index is 14.6. The molecule has 0 aliphatic heterocycles. The SMILES string of the molecule is CC[C@H](C)NC(=O)[C@@H](Cc1ccccc1)N(Cc1ccccc1C)C(=O)CN(c1cc(C)ccc1C)S(=O)(=O)c1ccccc1. The van der Waals surface area contributed by atoms with Crippen LogP contribution in [-0.4, -0.2) is 43.8 Å². The summed E-state index contributed by atoms with van der Waals surface area (Å²) in [5.41, 5.74) is 4.75. The van der Waals surface area contributed by atoms with Crippen molar-refractivity contribution in [1.29, 1.82) is 0 Å². The van der Waals surface area contributed by atoms with Crippen molar-refractivity contribution >= 4 is 27.5 Å². The van der Waals surface area contributed by atoms with Gasteiger partial charge in [0.2, 0.25) is 11.8 Å². The summed E-state index contributed by atoms with van der Waals surface area (Å²) in [5, 5.41) is 3.08. The molecule has 0 heterocycles. The number of carbonyl (C=O) groups is 2. The van der Waals surface area contributed by atoms with Crippen molar-refractivity contribution in [3.63, 3.8) is 0 Å². The second-order valence-corrected chi connectivity index (χ2v) is 13.4. The van der Waals surface area contributed by atoms with Gasteiger partial charge in [-0.3, -0.25) is 13.9 Å². The molecule has 2 amide bonds. The lowest BCUT2D eigenvalue weighted by Gasteiger charge is -2.35. The number of nitrogens with one attached hydrogen (secondary N) is 1. The highest BCUT2D eigenvalue weighted by Crippen LogP contribution is 2.29. The number of sulfonamides is 1. The number of anilines is 1. The average molecular weight is 626 g/mol. The summed E-state index contributed by atoms with van der Waals surface area (Å²) in [6.45, 7) is 9.26. The molecule has 0 aliphatic carbocycles. The Hall–Kier alpha value is -4.43. The van der Waals surface area contributed by atoms with Gasteiger partial charge < -0.3 is 10.2 Å². The van der Waals surface area contributed by atoms with E-state index in [4.69, 9.17) is 0 Å². The molecule has 0 fully saturated rings. The third-order valence-electron chi connectivity index (χ3n) is 8.12. The fourth-order valence-electron chi connectivity index (χ4n) is 5.19. The van der Waals surface area contributed by atoms with Gasteiger partial charge in [0.25, 0.3) is 10.0 Å². The van der Waals surface area contributed by atoms with Gasteiger partial charge in [0.1, 0.15) is 12.6 Å². The molecule has 0 aliphatic rings. The zero-order chi connectivity index (χ0) is 32.6. The van der Waals surface area contributed by atoms with Crippen LogP contribution in [0.1, 0.15) is 48.1 Å². The van der Waals surface area contributed by atoms with E-state index in [1.165, 1.54) is 16.4 Å². The van der Waals surface area contributed by atoms with Crippen LogP contribution >= 0.6 is 0 Å². The van der Waals surface area contributed by atoms with Crippen molar-refractivity contribution in [2.24, 2.45) is 0 Å². The van der Waals surface area contributed by atoms with Crippen molar-refractivity contribution in [2.75, 3.05) is 10.8 Å². The molecule has 7 nitrogen and oxygen atoms in total. The van der Waals surface area contributed by atoms with Gasteiger partial charge in [-0.1, -0.05) is 91.9 Å². The van der Waals surface area contributed by atoms with Gasteiger partial charge in [-0.05, 0) is 80.1 Å². The maximum atomic E-state index is 14.6. The van der Waals surface area contributed by atoms with E-state index in [1.807, 2.05) is 101 Å². The third-order valence-corrected chi connectivity index (χ3v) is 9.89. The largest absolute Gasteiger partial charge is 0.352 e. The number of rotatable bonds is 13. The van der Waals surface area contributed by atoms with Crippen LogP contribution in [0.4, 0.5) is 5.69 Å². The first-order valence-corrected chi connectivity index (χ1v) is 16.8. The summed E-state index contributed by atoms with van der Waals surface area (Å²) in [5.74, 6) is -0.752. The van der Waals surface area contributed by atoms with E-state index >= 15 is 0 Å². The number of hydrogen-bond acceptors (Lipinski definition) is 4. The Morgan fingerprint density at radius 3 is 2.07 bits per heavy atom. The number of benzene rings is 4. The molecule has 0 spiro atoms. The zero-order valence-electron chi connectivity index (χ0n) is 26.7. The average Bonchev–Trinajstić information content (AvgIpc) is 3.04. The first-order valence-electron chi connectivity index (χ1n) is 15.3. The van der Waals surface area contributed by atoms with Crippen LogP contribution in [-0.2, 0) is 32.6 Å². The Balaban J connectivity index is 1.84. The minimum atomic E-state index is -4.15. The molecule has 0 saturated heterocycles. The minimum absolute atomic E-state index is 0.0829. The van der Waals surface area contributed by atoms with E-state index in [-0.39, 0.29) is 29.8 Å². The van der Waals surface area contributed by atoms with Crippen molar-refractivity contribution in [3.8, 4) is 0 Å². The monoisotopic (exact) mass is 625 g/mol. The first kappa shape index (κ1) is 33.5. The van der Waals surface area contributed by atoms with Crippen molar-refractivity contribution in [1.82, 2.24) is 10.2 Å². The highest BCUT2D eigenvalue weighted by Gasteiger charge is 2.35. The maximum Gasteiger partial charge on any atom is 0.264 e. The third kappa shape index (κ3) is 8.39. The molecule has 4 aromatic rings. The predicted molar refractivity (Wildman–Crippen MR) is 180 cm³/mol. The van der Waals surface area contributed by atoms with Crippen LogP contribution in [0.2, 0.25) is 0 Å². The lowest BCUT2D eigenvalue weighted by Crippen LogP contribution is -2.54. The van der Waals surface area contributed by atoms with E-state index in [0.717, 1.165) is 28.7 Å². The Labute approximate surface area is 268 Å². The number of hydrogen-bond donors (Lipinski definition) is 1. The molecule has 8 heteroatoms. The van der Waals surface area contributed by atoms with Crippen LogP contribution in [0, 0.1) is 20.8 Å². The van der Waals surface area contributed by atoms with Crippen LogP contribution < -0.4 is 9.62 Å². The smallest absolute Gasteiger partial charge is 0.264 e. The van der Waals surface area contributed by atoms with Gasteiger partial charge in [-0.15, -0.1) is 0 Å². The molecular formula is C37H43N3O4S. The number of carbonyl (C=O) groups excluding carboxylic acids is 2. The second-order valence-electron chi connectivity index (χ2n) is 11.6. The van der Waals surface area contributed by atoms with E-state index in [2.05, 4.69) is 5.32 Å². The van der Waals surface area contributed by atoms with Gasteiger partial charge >= 0.3 is 0 Å². The summed E-state index contributed by atoms with van der Waals surface area (Å²) in [6, 6.07) is 30.0. The van der Waals surface area contributed by atoms with Gasteiger partial charge in [0, 0.05) is 19.0 Å². The molecule has 4 aromatic carbocycles. The molecule has 0 saturated carbocycles. The molecule has 236 valence electrons. The Bertz CT molecular complexity index is 1710. The van der Waals surface area contributed by atoms with E-state index < -0.39 is 28.5 Å². The van der Waals surface area contributed by atoms with Crippen molar-refractivity contribution in [3.05, 3.63) is 131 Å². The highest BCUT2D eigenvalue weighted by atomic mass is 32.2. The molecule has 45 heavy (non-hydrogen) atoms. The molecular weight excluding hydrogens is 582 g/mol. The number of aryl methyl sites for hydroxylation is 3. The molecule has 2 atom stereocenters. The first-order chi connectivity index (χ1) is 21.5. The molecule has 1 N–H and O–H groups in total. The molecule has 0 bridgehead atoms. The van der Waals surface area contributed by atoms with E-state index in [0.29, 0.717) is 11.3 Å². The second kappa shape index (κ2) is 15.0. The Morgan fingerprint density at radius 1 is 0.800 bits per heavy atom. The topological polar surface area (TPSA) is 86.8 Å². The van der Waals surface area contributed by atoms with Gasteiger partial charge in [0.05, 0.1) is 10.6 Å². The Morgan fingerprint density at radius 2 is 1.42 bits per heavy atom. The molecule has 0 aromatic heterocycles. The van der Waals surface area contributed by atoms with Crippen molar-refractivity contribution < 1.29 is 18.0 Å². The predicted octanol–water partition coefficient (Wildman–Crippen LogP) is 6.36. The number of nitrogens with zero attached hydrogens (tertiary/aromatic N) is 2. The molecule has 4 rings (SSSR count). The molecule has 0 radical (unpaired) electrons. The van der Waals surface area contributed by atoms with E-state index in [9.17, 15) is 18.0 Å². The van der Waals surface area contributed by atoms with Crippen LogP contribution in [0.3, 0.4) is 0 Å².